The lowest BCUT2D eigenvalue weighted by molar-refractivity contribution is -0.119. The molecule has 9 heteroatoms. The van der Waals surface area contributed by atoms with Gasteiger partial charge in [-0.2, -0.15) is 5.10 Å². The Hall–Kier alpha value is -3.36. The van der Waals surface area contributed by atoms with Crippen molar-refractivity contribution in [2.75, 3.05) is 17.5 Å². The first-order chi connectivity index (χ1) is 15.8. The third kappa shape index (κ3) is 6.57. The quantitative estimate of drug-likeness (QED) is 0.359. The number of hydrogen-bond donors (Lipinski definition) is 1. The molecule has 7 nitrogen and oxygen atoms in total. The van der Waals surface area contributed by atoms with Gasteiger partial charge in [-0.15, -0.1) is 0 Å². The van der Waals surface area contributed by atoms with E-state index in [0.29, 0.717) is 23.1 Å². The zero-order valence-electron chi connectivity index (χ0n) is 18.2. The van der Waals surface area contributed by atoms with Crippen LogP contribution in [0.2, 0.25) is 5.02 Å². The molecular weight excluding hydrogens is 462 g/mol. The van der Waals surface area contributed by atoms with Crippen molar-refractivity contribution in [1.82, 2.24) is 5.43 Å². The molecule has 0 aliphatic heterocycles. The van der Waals surface area contributed by atoms with Gasteiger partial charge >= 0.3 is 0 Å². The third-order valence-corrected chi connectivity index (χ3v) is 6.61. The molecule has 0 aromatic heterocycles. The summed E-state index contributed by atoms with van der Waals surface area (Å²) in [6.07, 6.45) is 1.50. The van der Waals surface area contributed by atoms with E-state index in [-0.39, 0.29) is 4.90 Å². The van der Waals surface area contributed by atoms with Gasteiger partial charge in [0, 0.05) is 5.02 Å². The number of halogens is 1. The standard InChI is InChI=1S/C24H24ClN3O4S/c1-3-32-22-11-9-21(10-12-22)28(33(30,31)23-13-7-20(25)8-14-23)17-24(29)27-26-16-19-6-4-5-18(2)15-19/h4-16H,3,17H2,1-2H3,(H,27,29)/b26-16-. The van der Waals surface area contributed by atoms with Crippen LogP contribution < -0.4 is 14.5 Å². The molecule has 3 rings (SSSR count). The zero-order chi connectivity index (χ0) is 23.8. The molecule has 0 unspecified atom stereocenters. The Morgan fingerprint density at radius 3 is 2.42 bits per heavy atom. The summed E-state index contributed by atoms with van der Waals surface area (Å²) >= 11 is 5.90. The minimum Gasteiger partial charge on any atom is -0.494 e. The van der Waals surface area contributed by atoms with Gasteiger partial charge in [0.1, 0.15) is 12.3 Å². The van der Waals surface area contributed by atoms with Gasteiger partial charge < -0.3 is 4.74 Å². The zero-order valence-corrected chi connectivity index (χ0v) is 19.8. The van der Waals surface area contributed by atoms with Crippen LogP contribution in [0.5, 0.6) is 5.75 Å². The van der Waals surface area contributed by atoms with Gasteiger partial charge in [0.25, 0.3) is 15.9 Å². The molecule has 0 saturated heterocycles. The van der Waals surface area contributed by atoms with Crippen LogP contribution in [-0.2, 0) is 14.8 Å². The highest BCUT2D eigenvalue weighted by atomic mass is 35.5. The van der Waals surface area contributed by atoms with Crippen LogP contribution in [0.25, 0.3) is 0 Å². The molecule has 1 N–H and O–H groups in total. The van der Waals surface area contributed by atoms with Crippen molar-refractivity contribution < 1.29 is 17.9 Å². The van der Waals surface area contributed by atoms with Gasteiger partial charge in [0.15, 0.2) is 0 Å². The molecule has 172 valence electrons. The average Bonchev–Trinajstić information content (AvgIpc) is 2.79. The Morgan fingerprint density at radius 1 is 1.09 bits per heavy atom. The summed E-state index contributed by atoms with van der Waals surface area (Å²) in [5.41, 5.74) is 4.57. The summed E-state index contributed by atoms with van der Waals surface area (Å²) in [5, 5.41) is 4.36. The van der Waals surface area contributed by atoms with Crippen LogP contribution in [0.4, 0.5) is 5.69 Å². The summed E-state index contributed by atoms with van der Waals surface area (Å²) in [6.45, 7) is 3.82. The number of carbonyl (C=O) groups is 1. The molecule has 0 bridgehead atoms. The lowest BCUT2D eigenvalue weighted by atomic mass is 10.2. The number of nitrogens with one attached hydrogen (secondary N) is 1. The first-order valence-corrected chi connectivity index (χ1v) is 12.0. The van der Waals surface area contributed by atoms with Crippen LogP contribution >= 0.6 is 11.6 Å². The van der Waals surface area contributed by atoms with E-state index in [4.69, 9.17) is 16.3 Å². The second-order valence-corrected chi connectivity index (χ2v) is 9.40. The molecule has 33 heavy (non-hydrogen) atoms. The fourth-order valence-corrected chi connectivity index (χ4v) is 4.57. The monoisotopic (exact) mass is 485 g/mol. The summed E-state index contributed by atoms with van der Waals surface area (Å²) < 4.78 is 33.2. The van der Waals surface area contributed by atoms with Crippen LogP contribution in [0.1, 0.15) is 18.1 Å². The smallest absolute Gasteiger partial charge is 0.264 e. The van der Waals surface area contributed by atoms with Crippen molar-refractivity contribution in [2.24, 2.45) is 5.10 Å². The van der Waals surface area contributed by atoms with Gasteiger partial charge in [0.05, 0.1) is 23.4 Å². The van der Waals surface area contributed by atoms with Gasteiger partial charge in [-0.25, -0.2) is 13.8 Å². The number of nitrogens with zero attached hydrogens (tertiary/aromatic N) is 2. The van der Waals surface area contributed by atoms with Crippen LogP contribution in [-0.4, -0.2) is 33.7 Å². The van der Waals surface area contributed by atoms with Crippen molar-refractivity contribution in [3.05, 3.63) is 88.9 Å². The van der Waals surface area contributed by atoms with E-state index in [0.717, 1.165) is 15.4 Å². The predicted octanol–water partition coefficient (Wildman–Crippen LogP) is 4.39. The topological polar surface area (TPSA) is 88.1 Å². The minimum atomic E-state index is -4.05. The lowest BCUT2D eigenvalue weighted by Gasteiger charge is -2.24. The van der Waals surface area contributed by atoms with Crippen molar-refractivity contribution in [1.29, 1.82) is 0 Å². The molecule has 0 spiro atoms. The maximum Gasteiger partial charge on any atom is 0.264 e. The van der Waals surface area contributed by atoms with Crippen LogP contribution in [0.3, 0.4) is 0 Å². The lowest BCUT2D eigenvalue weighted by Crippen LogP contribution is -2.39. The molecule has 3 aromatic rings. The highest BCUT2D eigenvalue weighted by molar-refractivity contribution is 7.92. The van der Waals surface area contributed by atoms with E-state index in [1.807, 2.05) is 38.1 Å². The Balaban J connectivity index is 1.84. The molecule has 0 heterocycles. The second kappa shape index (κ2) is 11.0. The molecule has 0 aliphatic rings. The van der Waals surface area contributed by atoms with Gasteiger partial charge in [0.2, 0.25) is 0 Å². The van der Waals surface area contributed by atoms with Crippen molar-refractivity contribution in [3.8, 4) is 5.75 Å². The number of aryl methyl sites for hydroxylation is 1. The number of amides is 1. The first-order valence-electron chi connectivity index (χ1n) is 10.2. The number of hydrazone groups is 1. The first kappa shape index (κ1) is 24.3. The number of ether oxygens (including phenoxy) is 1. The minimum absolute atomic E-state index is 0.0110. The van der Waals surface area contributed by atoms with Crippen molar-refractivity contribution in [2.45, 2.75) is 18.7 Å². The second-order valence-electron chi connectivity index (χ2n) is 7.10. The van der Waals surface area contributed by atoms with E-state index in [1.165, 1.54) is 30.5 Å². The fourth-order valence-electron chi connectivity index (χ4n) is 3.02. The number of benzene rings is 3. The van der Waals surface area contributed by atoms with Gasteiger partial charge in [-0.1, -0.05) is 41.4 Å². The molecule has 0 atom stereocenters. The molecule has 3 aromatic carbocycles. The van der Waals surface area contributed by atoms with Crippen LogP contribution in [0.15, 0.2) is 82.8 Å². The van der Waals surface area contributed by atoms with E-state index < -0.39 is 22.5 Å². The number of hydrogen-bond acceptors (Lipinski definition) is 5. The fraction of sp³-hybridized carbons (Fsp3) is 0.167. The van der Waals surface area contributed by atoms with Gasteiger partial charge in [-0.05, 0) is 67.9 Å². The summed E-state index contributed by atoms with van der Waals surface area (Å²) in [7, 11) is -4.05. The maximum atomic E-state index is 13.4. The van der Waals surface area contributed by atoms with Gasteiger partial charge in [-0.3, -0.25) is 9.10 Å². The summed E-state index contributed by atoms with van der Waals surface area (Å²) in [5.74, 6) is 0.00243. The Labute approximate surface area is 198 Å². The van der Waals surface area contributed by atoms with E-state index >= 15 is 0 Å². The summed E-state index contributed by atoms with van der Waals surface area (Å²) in [4.78, 5) is 12.6. The normalized spacial score (nSPS) is 11.4. The highest BCUT2D eigenvalue weighted by Gasteiger charge is 2.27. The molecule has 0 radical (unpaired) electrons. The number of sulfonamides is 1. The molecule has 0 fully saturated rings. The Bertz CT molecular complexity index is 1230. The Morgan fingerprint density at radius 2 is 1.79 bits per heavy atom. The molecule has 0 aliphatic carbocycles. The largest absolute Gasteiger partial charge is 0.494 e. The number of carbonyl (C=O) groups excluding carboxylic acids is 1. The van der Waals surface area contributed by atoms with Crippen molar-refractivity contribution in [3.63, 3.8) is 0 Å². The molecule has 1 amide bonds. The van der Waals surface area contributed by atoms with E-state index in [2.05, 4.69) is 10.5 Å². The SMILES string of the molecule is CCOc1ccc(N(CC(=O)N/N=C\c2cccc(C)c2)S(=O)(=O)c2ccc(Cl)cc2)cc1. The molecular formula is C24H24ClN3O4S. The van der Waals surface area contributed by atoms with Crippen LogP contribution in [0, 0.1) is 6.92 Å². The number of rotatable bonds is 9. The van der Waals surface area contributed by atoms with E-state index in [9.17, 15) is 13.2 Å². The molecule has 0 saturated carbocycles. The third-order valence-electron chi connectivity index (χ3n) is 4.57. The highest BCUT2D eigenvalue weighted by Crippen LogP contribution is 2.26. The number of anilines is 1. The predicted molar refractivity (Wildman–Crippen MR) is 131 cm³/mol. The summed E-state index contributed by atoms with van der Waals surface area (Å²) in [6, 6.07) is 19.8. The van der Waals surface area contributed by atoms with E-state index in [1.54, 1.807) is 24.3 Å². The average molecular weight is 486 g/mol. The Kier molecular flexibility index (Phi) is 8.08. The van der Waals surface area contributed by atoms with Crippen molar-refractivity contribution >= 4 is 39.4 Å². The maximum absolute atomic E-state index is 13.4.